The molecule has 5 rings (SSSR count). The first-order chi connectivity index (χ1) is 10.7. The summed E-state index contributed by atoms with van der Waals surface area (Å²) in [6.07, 6.45) is 0.494. The topological polar surface area (TPSA) is 41.9 Å². The van der Waals surface area contributed by atoms with E-state index in [1.54, 1.807) is 0 Å². The molecule has 4 nitrogen and oxygen atoms in total. The van der Waals surface area contributed by atoms with E-state index < -0.39 is 6.10 Å². The van der Waals surface area contributed by atoms with Crippen LogP contribution in [0.2, 0.25) is 0 Å². The van der Waals surface area contributed by atoms with Gasteiger partial charge >= 0.3 is 0 Å². The summed E-state index contributed by atoms with van der Waals surface area (Å²) in [5.74, 6) is 1.59. The molecule has 2 aliphatic heterocycles. The van der Waals surface area contributed by atoms with Crippen LogP contribution in [0, 0.1) is 0 Å². The number of aliphatic hydroxyl groups is 1. The third kappa shape index (κ3) is 1.49. The van der Waals surface area contributed by atoms with Crippen LogP contribution < -0.4 is 9.47 Å². The largest absolute Gasteiger partial charge is 0.454 e. The van der Waals surface area contributed by atoms with Crippen molar-refractivity contribution in [1.29, 1.82) is 0 Å². The average molecular weight is 295 g/mol. The lowest BCUT2D eigenvalue weighted by Gasteiger charge is -2.41. The first-order valence-electron chi connectivity index (χ1n) is 7.67. The van der Waals surface area contributed by atoms with E-state index in [0.29, 0.717) is 6.54 Å². The quantitative estimate of drug-likeness (QED) is 0.811. The van der Waals surface area contributed by atoms with Crippen LogP contribution in [0.1, 0.15) is 28.8 Å². The molecule has 3 aliphatic rings. The zero-order valence-electron chi connectivity index (χ0n) is 12.4. The maximum atomic E-state index is 10.5. The number of fused-ring (bicyclic) bond motifs is 4. The number of rotatable bonds is 0. The number of hydrogen-bond acceptors (Lipinski definition) is 4. The monoisotopic (exact) mass is 295 g/mol. The lowest BCUT2D eigenvalue weighted by Crippen LogP contribution is -2.38. The molecule has 0 saturated carbocycles. The second-order valence-corrected chi connectivity index (χ2v) is 6.32. The van der Waals surface area contributed by atoms with E-state index in [4.69, 9.17) is 9.47 Å². The number of hydrogen-bond donors (Lipinski definition) is 1. The van der Waals surface area contributed by atoms with Crippen molar-refractivity contribution in [3.05, 3.63) is 47.0 Å². The molecule has 0 saturated heterocycles. The average Bonchev–Trinajstić information content (AvgIpc) is 3.00. The van der Waals surface area contributed by atoms with Crippen LogP contribution in [-0.4, -0.2) is 30.4 Å². The Balaban J connectivity index is 1.90. The fraction of sp³-hybridized carbons (Fsp3) is 0.333. The summed E-state index contributed by atoms with van der Waals surface area (Å²) in [6, 6.07) is 10.7. The van der Waals surface area contributed by atoms with Gasteiger partial charge in [0.25, 0.3) is 0 Å². The van der Waals surface area contributed by atoms with Gasteiger partial charge in [-0.2, -0.15) is 0 Å². The number of aliphatic hydroxyl groups excluding tert-OH is 1. The van der Waals surface area contributed by atoms with Crippen LogP contribution in [0.15, 0.2) is 30.3 Å². The molecule has 0 fully saturated rings. The van der Waals surface area contributed by atoms with Gasteiger partial charge in [-0.05, 0) is 41.8 Å². The molecular weight excluding hydrogens is 278 g/mol. The molecule has 1 aliphatic carbocycles. The Morgan fingerprint density at radius 1 is 1.23 bits per heavy atom. The lowest BCUT2D eigenvalue weighted by molar-refractivity contribution is 0.0831. The molecule has 0 aromatic heterocycles. The normalized spacial score (nSPS) is 24.8. The van der Waals surface area contributed by atoms with Crippen LogP contribution in [0.3, 0.4) is 0 Å². The predicted octanol–water partition coefficient (Wildman–Crippen LogP) is 2.66. The molecule has 2 atom stereocenters. The standard InChI is InChI=1S/C18H17NO3/c1-19-8-14(20)12-7-15-18(22-9-21-15)17-11-5-3-2-4-10(11)6-13(19)16(12)17/h2-5,7,13-14,20H,6,8-9H2,1H3/t13-,14+/m0/s1. The number of ether oxygens (including phenoxy) is 2. The van der Waals surface area contributed by atoms with Gasteiger partial charge in [0, 0.05) is 18.2 Å². The zero-order chi connectivity index (χ0) is 14.8. The molecule has 1 N–H and O–H groups in total. The molecule has 4 heteroatoms. The van der Waals surface area contributed by atoms with E-state index in [0.717, 1.165) is 29.0 Å². The first kappa shape index (κ1) is 12.5. The van der Waals surface area contributed by atoms with Gasteiger partial charge in [0.1, 0.15) is 0 Å². The summed E-state index contributed by atoms with van der Waals surface area (Å²) in [6.45, 7) is 0.906. The highest BCUT2D eigenvalue weighted by atomic mass is 16.7. The number of β-amino-alcohol motifs (C(OH)–C–C–N with tert-alkyl or cyclic N) is 1. The maximum absolute atomic E-state index is 10.5. The predicted molar refractivity (Wildman–Crippen MR) is 82.0 cm³/mol. The van der Waals surface area contributed by atoms with Crippen molar-refractivity contribution in [2.24, 2.45) is 0 Å². The Kier molecular flexibility index (Phi) is 2.41. The molecule has 2 aromatic carbocycles. The molecule has 22 heavy (non-hydrogen) atoms. The number of benzene rings is 2. The van der Waals surface area contributed by atoms with Crippen LogP contribution in [0.4, 0.5) is 0 Å². The second-order valence-electron chi connectivity index (χ2n) is 6.32. The van der Waals surface area contributed by atoms with Crippen molar-refractivity contribution in [2.45, 2.75) is 18.6 Å². The molecule has 0 bridgehead atoms. The molecule has 2 aromatic rings. The van der Waals surface area contributed by atoms with Gasteiger partial charge in [0.15, 0.2) is 11.5 Å². The van der Waals surface area contributed by atoms with E-state index in [1.807, 2.05) is 6.07 Å². The van der Waals surface area contributed by atoms with Gasteiger partial charge in [0.2, 0.25) is 6.79 Å². The van der Waals surface area contributed by atoms with Gasteiger partial charge in [-0.3, -0.25) is 4.90 Å². The van der Waals surface area contributed by atoms with Crippen LogP contribution in [-0.2, 0) is 6.42 Å². The summed E-state index contributed by atoms with van der Waals surface area (Å²) >= 11 is 0. The van der Waals surface area contributed by atoms with Gasteiger partial charge in [-0.15, -0.1) is 0 Å². The number of likely N-dealkylation sites (N-methyl/N-ethyl adjacent to an activating group) is 1. The van der Waals surface area contributed by atoms with Gasteiger partial charge < -0.3 is 14.6 Å². The minimum Gasteiger partial charge on any atom is -0.454 e. The summed E-state index contributed by atoms with van der Waals surface area (Å²) in [7, 11) is 2.08. The third-order valence-corrected chi connectivity index (χ3v) is 5.12. The van der Waals surface area contributed by atoms with Crippen molar-refractivity contribution in [3.63, 3.8) is 0 Å². The Bertz CT molecular complexity index is 786. The Morgan fingerprint density at radius 3 is 3.00 bits per heavy atom. The fourth-order valence-corrected chi connectivity index (χ4v) is 4.11. The molecule has 0 spiro atoms. The Morgan fingerprint density at radius 2 is 2.09 bits per heavy atom. The highest BCUT2D eigenvalue weighted by molar-refractivity contribution is 5.84. The maximum Gasteiger partial charge on any atom is 0.231 e. The van der Waals surface area contributed by atoms with Gasteiger partial charge in [-0.25, -0.2) is 0 Å². The SMILES string of the molecule is CN1C[C@@H](O)c2cc3c(c4c2[C@@H]1Cc1ccccc1-4)OCO3. The first-order valence-corrected chi connectivity index (χ1v) is 7.67. The molecule has 112 valence electrons. The lowest BCUT2D eigenvalue weighted by atomic mass is 9.76. The minimum atomic E-state index is -0.477. The van der Waals surface area contributed by atoms with Crippen LogP contribution >= 0.6 is 0 Å². The van der Waals surface area contributed by atoms with Gasteiger partial charge in [0.05, 0.1) is 6.10 Å². The Labute approximate surface area is 128 Å². The van der Waals surface area contributed by atoms with Crippen molar-refractivity contribution in [3.8, 4) is 22.6 Å². The van der Waals surface area contributed by atoms with E-state index in [-0.39, 0.29) is 12.8 Å². The molecule has 0 radical (unpaired) electrons. The van der Waals surface area contributed by atoms with E-state index in [2.05, 4.69) is 36.2 Å². The van der Waals surface area contributed by atoms with Crippen LogP contribution in [0.5, 0.6) is 11.5 Å². The highest BCUT2D eigenvalue weighted by Gasteiger charge is 2.40. The van der Waals surface area contributed by atoms with Crippen molar-refractivity contribution in [2.75, 3.05) is 20.4 Å². The van der Waals surface area contributed by atoms with E-state index in [9.17, 15) is 5.11 Å². The summed E-state index contributed by atoms with van der Waals surface area (Å²) in [5, 5.41) is 10.5. The minimum absolute atomic E-state index is 0.254. The Hall–Kier alpha value is -2.04. The summed E-state index contributed by atoms with van der Waals surface area (Å²) in [4.78, 5) is 2.24. The number of nitrogens with zero attached hydrogens (tertiary/aromatic N) is 1. The molecular formula is C18H17NO3. The van der Waals surface area contributed by atoms with Crippen molar-refractivity contribution < 1.29 is 14.6 Å². The fourth-order valence-electron chi connectivity index (χ4n) is 4.11. The zero-order valence-corrected chi connectivity index (χ0v) is 12.4. The van der Waals surface area contributed by atoms with Gasteiger partial charge in [-0.1, -0.05) is 24.3 Å². The van der Waals surface area contributed by atoms with E-state index >= 15 is 0 Å². The molecule has 0 amide bonds. The smallest absolute Gasteiger partial charge is 0.231 e. The highest BCUT2D eigenvalue weighted by Crippen LogP contribution is 2.54. The molecule has 0 unspecified atom stereocenters. The summed E-state index contributed by atoms with van der Waals surface area (Å²) < 4.78 is 11.4. The van der Waals surface area contributed by atoms with Crippen LogP contribution in [0.25, 0.3) is 11.1 Å². The summed E-state index contributed by atoms with van der Waals surface area (Å²) in [5.41, 5.74) is 5.86. The third-order valence-electron chi connectivity index (χ3n) is 5.12. The molecule has 2 heterocycles. The van der Waals surface area contributed by atoms with Crippen molar-refractivity contribution >= 4 is 0 Å². The second kappa shape index (κ2) is 4.24. The van der Waals surface area contributed by atoms with E-state index in [1.165, 1.54) is 16.7 Å². The van der Waals surface area contributed by atoms with Crippen molar-refractivity contribution in [1.82, 2.24) is 4.90 Å².